The summed E-state index contributed by atoms with van der Waals surface area (Å²) in [7, 11) is 0. The molecule has 0 radical (unpaired) electrons. The van der Waals surface area contributed by atoms with Gasteiger partial charge in [0.15, 0.2) is 5.82 Å². The normalized spacial score (nSPS) is 13.1. The minimum absolute atomic E-state index is 0.0672. The molecule has 62 heavy (non-hydrogen) atoms. The second-order valence-electron chi connectivity index (χ2n) is 17.1. The predicted octanol–water partition coefficient (Wildman–Crippen LogP) is 15.8. The highest BCUT2D eigenvalue weighted by Gasteiger charge is 2.35. The number of hydrogen-bond donors (Lipinski definition) is 0. The fraction of sp³-hybridized carbons (Fsp3) is 0.0517. The van der Waals surface area contributed by atoms with Gasteiger partial charge in [-0.1, -0.05) is 172 Å². The fourth-order valence-electron chi connectivity index (χ4n) is 10.2. The largest absolute Gasteiger partial charge is 0.247 e. The quantitative estimate of drug-likeness (QED) is 0.166. The van der Waals surface area contributed by atoms with Crippen LogP contribution in [0.3, 0.4) is 0 Å². The van der Waals surface area contributed by atoms with Crippen LogP contribution in [-0.2, 0) is 5.41 Å². The minimum Gasteiger partial charge on any atom is -0.247 e. The molecule has 290 valence electrons. The molecule has 3 nitrogen and oxygen atoms in total. The lowest BCUT2D eigenvalue weighted by atomic mass is 9.82. The number of nitrogens with zero attached hydrogens (tertiary/aromatic N) is 3. The van der Waals surface area contributed by atoms with Crippen molar-refractivity contribution in [1.29, 1.82) is 0 Å². The molecule has 0 N–H and O–H groups in total. The van der Waals surface area contributed by atoms with E-state index in [0.717, 1.165) is 50.2 Å². The molecular weight excluding hydrogens is 771 g/mol. The van der Waals surface area contributed by atoms with Crippen LogP contribution in [0.15, 0.2) is 188 Å². The summed E-state index contributed by atoms with van der Waals surface area (Å²) in [5.74, 6) is 0.674. The summed E-state index contributed by atoms with van der Waals surface area (Å²) in [6, 6.07) is 68.0. The number of rotatable bonds is 4. The first-order valence-electron chi connectivity index (χ1n) is 21.3. The number of thiophene rings is 1. The van der Waals surface area contributed by atoms with Crippen LogP contribution in [0.5, 0.6) is 0 Å². The summed E-state index contributed by atoms with van der Waals surface area (Å²) in [6.07, 6.45) is 0. The van der Waals surface area contributed by atoms with Crippen LogP contribution in [0.4, 0.5) is 0 Å². The van der Waals surface area contributed by atoms with Gasteiger partial charge in [0.1, 0.15) is 0 Å². The second-order valence-corrected chi connectivity index (χ2v) is 18.2. The summed E-state index contributed by atoms with van der Waals surface area (Å²) < 4.78 is 2.49. The maximum Gasteiger partial charge on any atom is 0.160 e. The molecule has 0 saturated heterocycles. The van der Waals surface area contributed by atoms with E-state index >= 15 is 0 Å². The van der Waals surface area contributed by atoms with Gasteiger partial charge < -0.3 is 0 Å². The molecule has 3 heterocycles. The van der Waals surface area contributed by atoms with E-state index < -0.39 is 0 Å². The Bertz CT molecular complexity index is 3810. The fourth-order valence-corrected chi connectivity index (χ4v) is 11.5. The lowest BCUT2D eigenvalue weighted by Crippen LogP contribution is -2.14. The summed E-state index contributed by atoms with van der Waals surface area (Å²) in [4.78, 5) is 16.2. The molecule has 0 amide bonds. The molecule has 0 aliphatic heterocycles. The van der Waals surface area contributed by atoms with Gasteiger partial charge in [-0.2, -0.15) is 0 Å². The van der Waals surface area contributed by atoms with Gasteiger partial charge in [0.25, 0.3) is 0 Å². The lowest BCUT2D eigenvalue weighted by Gasteiger charge is -2.21. The van der Waals surface area contributed by atoms with Crippen molar-refractivity contribution in [2.24, 2.45) is 0 Å². The van der Waals surface area contributed by atoms with Crippen LogP contribution in [0.25, 0.3) is 120 Å². The topological polar surface area (TPSA) is 38.7 Å². The Hall–Kier alpha value is -7.53. The van der Waals surface area contributed by atoms with Crippen LogP contribution in [0, 0.1) is 0 Å². The van der Waals surface area contributed by atoms with E-state index in [1.165, 1.54) is 74.7 Å². The van der Waals surface area contributed by atoms with Crippen molar-refractivity contribution in [3.05, 3.63) is 199 Å². The third-order valence-corrected chi connectivity index (χ3v) is 14.5. The van der Waals surface area contributed by atoms with Crippen molar-refractivity contribution >= 4 is 74.7 Å². The van der Waals surface area contributed by atoms with Gasteiger partial charge >= 0.3 is 0 Å². The minimum atomic E-state index is -0.0672. The Kier molecular flexibility index (Phi) is 7.52. The number of hydrogen-bond acceptors (Lipinski definition) is 4. The van der Waals surface area contributed by atoms with Gasteiger partial charge in [0, 0.05) is 53.2 Å². The van der Waals surface area contributed by atoms with Crippen molar-refractivity contribution < 1.29 is 0 Å². The third kappa shape index (κ3) is 5.20. The first-order valence-corrected chi connectivity index (χ1v) is 22.1. The van der Waals surface area contributed by atoms with Crippen molar-refractivity contribution in [1.82, 2.24) is 15.0 Å². The van der Waals surface area contributed by atoms with E-state index in [2.05, 4.69) is 196 Å². The predicted molar refractivity (Wildman–Crippen MR) is 262 cm³/mol. The van der Waals surface area contributed by atoms with Gasteiger partial charge in [-0.3, -0.25) is 0 Å². The molecule has 13 rings (SSSR count). The molecule has 4 heteroatoms. The van der Waals surface area contributed by atoms with E-state index in [-0.39, 0.29) is 5.41 Å². The van der Waals surface area contributed by atoms with E-state index in [4.69, 9.17) is 15.0 Å². The highest BCUT2D eigenvalue weighted by atomic mass is 32.1. The smallest absolute Gasteiger partial charge is 0.160 e. The number of pyridine rings is 1. The molecule has 0 bridgehead atoms. The molecule has 1 aliphatic carbocycles. The van der Waals surface area contributed by atoms with E-state index in [0.29, 0.717) is 5.82 Å². The monoisotopic (exact) mass is 807 g/mol. The SMILES string of the molecule is CC1(C)c2ccccc2-c2cc(-c3cc(-c4ccccc4)nc(-c4ccc5c(c4)nc(-c4ccc6c7ccccc7c7ccccc7c6c4)c4c6ccccc6sc54)n3)ccc21. The van der Waals surface area contributed by atoms with E-state index in [9.17, 15) is 0 Å². The molecule has 0 unspecified atom stereocenters. The third-order valence-electron chi connectivity index (χ3n) is 13.3. The summed E-state index contributed by atoms with van der Waals surface area (Å²) >= 11 is 1.84. The summed E-state index contributed by atoms with van der Waals surface area (Å²) in [6.45, 7) is 4.65. The van der Waals surface area contributed by atoms with Gasteiger partial charge in [0.05, 0.1) is 22.6 Å². The average molecular weight is 808 g/mol. The Morgan fingerprint density at radius 1 is 0.387 bits per heavy atom. The Morgan fingerprint density at radius 3 is 1.74 bits per heavy atom. The first kappa shape index (κ1) is 35.2. The number of benzene rings is 9. The molecular formula is C58H37N3S. The van der Waals surface area contributed by atoms with Gasteiger partial charge in [-0.15, -0.1) is 11.3 Å². The lowest BCUT2D eigenvalue weighted by molar-refractivity contribution is 0.660. The zero-order valence-corrected chi connectivity index (χ0v) is 35.0. The van der Waals surface area contributed by atoms with Gasteiger partial charge in [0.2, 0.25) is 0 Å². The summed E-state index contributed by atoms with van der Waals surface area (Å²) in [5, 5.41) is 11.1. The van der Waals surface area contributed by atoms with Gasteiger partial charge in [-0.05, 0) is 84.9 Å². The Morgan fingerprint density at radius 2 is 0.968 bits per heavy atom. The van der Waals surface area contributed by atoms with E-state index in [1.807, 2.05) is 17.4 Å². The standard InChI is InChI=1S/C58H37N3S/c1-58(2)48-22-12-10-20-43(48)47-30-35(26-29-49(47)58)51-33-50(34-14-4-3-5-15-34)60-57(61-51)37-25-28-44-52(32-37)59-55(54-45-21-11-13-23-53(45)62-56(44)54)36-24-27-42-40-18-7-6-16-38(40)39-17-8-9-19-41(39)46(42)31-36/h3-33H,1-2H3. The Labute approximate surface area is 362 Å². The van der Waals surface area contributed by atoms with Crippen molar-refractivity contribution in [2.45, 2.75) is 19.3 Å². The second kappa shape index (κ2) is 13.2. The zero-order chi connectivity index (χ0) is 41.1. The number of fused-ring (bicyclic) bond motifs is 14. The molecule has 0 fully saturated rings. The van der Waals surface area contributed by atoms with Crippen molar-refractivity contribution in [3.63, 3.8) is 0 Å². The maximum absolute atomic E-state index is 5.62. The highest BCUT2D eigenvalue weighted by Crippen LogP contribution is 2.50. The molecule has 0 spiro atoms. The average Bonchev–Trinajstić information content (AvgIpc) is 3.83. The van der Waals surface area contributed by atoms with Crippen LogP contribution < -0.4 is 0 Å². The molecule has 9 aromatic carbocycles. The van der Waals surface area contributed by atoms with Crippen molar-refractivity contribution in [2.75, 3.05) is 0 Å². The molecule has 1 aliphatic rings. The zero-order valence-electron chi connectivity index (χ0n) is 34.1. The molecule has 3 aromatic heterocycles. The van der Waals surface area contributed by atoms with Crippen LogP contribution in [0.2, 0.25) is 0 Å². The number of aromatic nitrogens is 3. The Balaban J connectivity index is 1.03. The maximum atomic E-state index is 5.62. The first-order chi connectivity index (χ1) is 30.5. The molecule has 0 saturated carbocycles. The van der Waals surface area contributed by atoms with Gasteiger partial charge in [-0.25, -0.2) is 15.0 Å². The van der Waals surface area contributed by atoms with E-state index in [1.54, 1.807) is 0 Å². The highest BCUT2D eigenvalue weighted by molar-refractivity contribution is 7.26. The van der Waals surface area contributed by atoms with Crippen molar-refractivity contribution in [3.8, 4) is 56.3 Å². The molecule has 12 aromatic rings. The molecule has 0 atom stereocenters. The summed E-state index contributed by atoms with van der Waals surface area (Å²) in [5.41, 5.74) is 13.0. The van der Waals surface area contributed by atoms with Crippen LogP contribution >= 0.6 is 11.3 Å². The van der Waals surface area contributed by atoms with Crippen LogP contribution in [0.1, 0.15) is 25.0 Å². The van der Waals surface area contributed by atoms with Crippen LogP contribution in [-0.4, -0.2) is 15.0 Å².